The molecule has 396 valence electrons. The van der Waals surface area contributed by atoms with Gasteiger partial charge in [-0.2, -0.15) is 0 Å². The third-order valence-corrected chi connectivity index (χ3v) is 16.4. The molecule has 0 fully saturated rings. The van der Waals surface area contributed by atoms with E-state index in [2.05, 4.69) is 52.1 Å². The fraction of sp³-hybridized carbons (Fsp3) is 0.311. The predicted octanol–water partition coefficient (Wildman–Crippen LogP) is 15.0. The Balaban J connectivity index is 0.000000215. The standard InChI is InChI=1S/C31H35ClN4O2S.C28H25ClN2O2S2.C2H6/c1-6-21-10-8-11-22(7-2)28(21)36-20(3)25(30(37)35(5)17-9-16-33-4)18-26(31(36)38)29-34-27(19-39-29)23-12-14-24(32)15-13-23;1-4-34-25-8-6-5-7-22(25)31-23-14-28(2,3)15-24(32)19(23)13-20(27(31)33)26-30-21(16-35-26)17-9-11-18(29)12-10-17;1-2/h8,10-15,18-19,33H,6-7,9,16-17H2,1-5H3;5-13,16H,4,14-15H2,1-3H3;1-2H3. The summed E-state index contributed by atoms with van der Waals surface area (Å²) in [4.78, 5) is 67.8. The van der Waals surface area contributed by atoms with E-state index in [1.807, 2.05) is 124 Å². The molecule has 8 aromatic rings. The summed E-state index contributed by atoms with van der Waals surface area (Å²) in [7, 11) is 3.71. The van der Waals surface area contributed by atoms with Crippen molar-refractivity contribution in [1.29, 1.82) is 0 Å². The van der Waals surface area contributed by atoms with Gasteiger partial charge in [0.2, 0.25) is 0 Å². The summed E-state index contributed by atoms with van der Waals surface area (Å²) in [5.74, 6) is 0.844. The Bertz CT molecular complexity index is 3450. The summed E-state index contributed by atoms with van der Waals surface area (Å²) in [6.07, 6.45) is 3.48. The van der Waals surface area contributed by atoms with Crippen LogP contribution in [0.15, 0.2) is 128 Å². The first-order valence-electron chi connectivity index (χ1n) is 25.8. The Labute approximate surface area is 469 Å². The lowest BCUT2D eigenvalue weighted by atomic mass is 9.75. The van der Waals surface area contributed by atoms with Gasteiger partial charge in [0.05, 0.1) is 39.5 Å². The lowest BCUT2D eigenvalue weighted by Crippen LogP contribution is -2.35. The zero-order valence-electron chi connectivity index (χ0n) is 45.0. The van der Waals surface area contributed by atoms with Crippen LogP contribution in [0, 0.1) is 12.3 Å². The molecule has 0 atom stereocenters. The van der Waals surface area contributed by atoms with Gasteiger partial charge in [-0.15, -0.1) is 34.4 Å². The average molecular weight is 1110 g/mol. The average Bonchev–Trinajstić information content (AvgIpc) is 4.14. The van der Waals surface area contributed by atoms with Crippen molar-refractivity contribution >= 4 is 69.3 Å². The number of halogens is 2. The molecule has 1 N–H and O–H groups in total. The fourth-order valence-electron chi connectivity index (χ4n) is 9.39. The van der Waals surface area contributed by atoms with E-state index in [4.69, 9.17) is 33.2 Å². The number of thiazole rings is 2. The molecule has 10 nitrogen and oxygen atoms in total. The zero-order chi connectivity index (χ0) is 54.8. The number of nitrogens with zero attached hydrogens (tertiary/aromatic N) is 5. The first kappa shape index (κ1) is 57.8. The first-order chi connectivity index (χ1) is 36.6. The Morgan fingerprint density at radius 1 is 0.737 bits per heavy atom. The van der Waals surface area contributed by atoms with E-state index in [1.165, 1.54) is 22.7 Å². The Hall–Kier alpha value is -5.93. The first-order valence-corrected chi connectivity index (χ1v) is 29.3. The molecule has 0 unspecified atom stereocenters. The number of carbonyl (C=O) groups excluding carboxylic acids is 2. The van der Waals surface area contributed by atoms with Crippen LogP contribution in [0.5, 0.6) is 0 Å². The topological polar surface area (TPSA) is 119 Å². The predicted molar refractivity (Wildman–Crippen MR) is 320 cm³/mol. The minimum absolute atomic E-state index is 0.0707. The number of hydrogen-bond donors (Lipinski definition) is 1. The molecule has 0 radical (unpaired) electrons. The van der Waals surface area contributed by atoms with Crippen LogP contribution in [-0.4, -0.2) is 68.6 Å². The number of para-hydroxylation sites is 2. The third-order valence-electron chi connectivity index (χ3n) is 13.2. The van der Waals surface area contributed by atoms with Gasteiger partial charge in [0.25, 0.3) is 17.0 Å². The number of ketones is 1. The Kier molecular flexibility index (Phi) is 19.7. The summed E-state index contributed by atoms with van der Waals surface area (Å²) in [5, 5.41) is 9.50. The van der Waals surface area contributed by atoms with E-state index < -0.39 is 0 Å². The van der Waals surface area contributed by atoms with Gasteiger partial charge in [-0.3, -0.25) is 28.3 Å². The Morgan fingerprint density at radius 2 is 1.28 bits per heavy atom. The van der Waals surface area contributed by atoms with Gasteiger partial charge < -0.3 is 10.2 Å². The van der Waals surface area contributed by atoms with E-state index in [0.717, 1.165) is 87.2 Å². The quantitative estimate of drug-likeness (QED) is 0.0796. The highest BCUT2D eigenvalue weighted by Gasteiger charge is 2.35. The zero-order valence-corrected chi connectivity index (χ0v) is 48.9. The number of pyridine rings is 2. The summed E-state index contributed by atoms with van der Waals surface area (Å²) in [5.41, 5.74) is 10.1. The van der Waals surface area contributed by atoms with E-state index in [0.29, 0.717) is 67.4 Å². The number of rotatable bonds is 15. The van der Waals surface area contributed by atoms with Crippen molar-refractivity contribution < 1.29 is 9.59 Å². The molecule has 0 aliphatic heterocycles. The van der Waals surface area contributed by atoms with Crippen LogP contribution in [0.25, 0.3) is 55.0 Å². The highest BCUT2D eigenvalue weighted by molar-refractivity contribution is 7.99. The maximum absolute atomic E-state index is 14.3. The summed E-state index contributed by atoms with van der Waals surface area (Å²) in [6, 6.07) is 32.5. The highest BCUT2D eigenvalue weighted by Crippen LogP contribution is 2.39. The van der Waals surface area contributed by atoms with Crippen LogP contribution in [0.3, 0.4) is 0 Å². The number of thioether (sulfide) groups is 1. The molecule has 4 aromatic heterocycles. The molecule has 0 bridgehead atoms. The van der Waals surface area contributed by atoms with Crippen LogP contribution in [-0.2, 0) is 19.3 Å². The van der Waals surface area contributed by atoms with Crippen molar-refractivity contribution in [2.45, 2.75) is 92.4 Å². The number of nitrogens with one attached hydrogen (secondary N) is 1. The molecule has 4 aromatic carbocycles. The van der Waals surface area contributed by atoms with Crippen LogP contribution >= 0.6 is 57.6 Å². The second-order valence-electron chi connectivity index (χ2n) is 19.0. The number of aromatic nitrogens is 4. The minimum Gasteiger partial charge on any atom is -0.342 e. The number of amides is 1. The summed E-state index contributed by atoms with van der Waals surface area (Å²) >= 11 is 16.6. The van der Waals surface area contributed by atoms with Gasteiger partial charge in [-0.05, 0) is 117 Å². The maximum atomic E-state index is 14.3. The van der Waals surface area contributed by atoms with Crippen LogP contribution in [0.2, 0.25) is 10.0 Å². The van der Waals surface area contributed by atoms with Crippen LogP contribution in [0.1, 0.15) is 105 Å². The molecule has 4 heterocycles. The maximum Gasteiger partial charge on any atom is 0.265 e. The van der Waals surface area contributed by atoms with Crippen LogP contribution in [0.4, 0.5) is 0 Å². The molecule has 0 saturated carbocycles. The van der Waals surface area contributed by atoms with Gasteiger partial charge in [0, 0.05) is 73.8 Å². The summed E-state index contributed by atoms with van der Waals surface area (Å²) < 4.78 is 3.51. The van der Waals surface area contributed by atoms with E-state index >= 15 is 0 Å². The molecule has 1 amide bonds. The van der Waals surface area contributed by atoms with Crippen molar-refractivity contribution in [2.75, 3.05) is 32.9 Å². The minimum atomic E-state index is -0.213. The molecule has 1 aliphatic carbocycles. The van der Waals surface area contributed by atoms with E-state index in [9.17, 15) is 19.2 Å². The molecule has 1 aliphatic rings. The number of hydrogen-bond acceptors (Lipinski definition) is 10. The normalized spacial score (nSPS) is 12.6. The number of Topliss-reactive ketones (excluding diaryl/α,β-unsaturated/α-hetero) is 1. The second kappa shape index (κ2) is 25.9. The van der Waals surface area contributed by atoms with Crippen molar-refractivity contribution in [1.82, 2.24) is 29.3 Å². The number of fused-ring (bicyclic) bond motifs is 1. The fourth-order valence-corrected chi connectivity index (χ4v) is 12.1. The second-order valence-corrected chi connectivity index (χ2v) is 22.9. The van der Waals surface area contributed by atoms with Gasteiger partial charge >= 0.3 is 0 Å². The highest BCUT2D eigenvalue weighted by atomic mass is 35.5. The van der Waals surface area contributed by atoms with E-state index in [1.54, 1.807) is 37.9 Å². The lowest BCUT2D eigenvalue weighted by molar-refractivity contribution is 0.0791. The van der Waals surface area contributed by atoms with E-state index in [-0.39, 0.29) is 28.2 Å². The largest absolute Gasteiger partial charge is 0.342 e. The van der Waals surface area contributed by atoms with Crippen molar-refractivity contribution in [3.63, 3.8) is 0 Å². The monoisotopic (exact) mass is 1110 g/mol. The van der Waals surface area contributed by atoms with Crippen molar-refractivity contribution in [2.24, 2.45) is 5.41 Å². The molecule has 76 heavy (non-hydrogen) atoms. The molecule has 15 heteroatoms. The summed E-state index contributed by atoms with van der Waals surface area (Å²) in [6.45, 7) is 17.7. The Morgan fingerprint density at radius 3 is 1.82 bits per heavy atom. The SMILES string of the molecule is CC.CCSc1ccccc1-n1c2c(cc(-c3nc(-c4ccc(Cl)cc4)cs3)c1=O)C(=O)CC(C)(C)C2.CCc1cccc(CC)c1-n1c(C)c(C(=O)N(C)CCCNC)cc(-c2nc(-c3ccc(Cl)cc3)cs2)c1=O. The van der Waals surface area contributed by atoms with Crippen molar-refractivity contribution in [3.05, 3.63) is 178 Å². The van der Waals surface area contributed by atoms with Crippen molar-refractivity contribution in [3.8, 4) is 55.0 Å². The molecular weight excluding hydrogens is 1050 g/mol. The molecule has 9 rings (SSSR count). The van der Waals surface area contributed by atoms with Gasteiger partial charge in [0.1, 0.15) is 10.0 Å². The lowest BCUT2D eigenvalue weighted by Gasteiger charge is -2.32. The van der Waals surface area contributed by atoms with Gasteiger partial charge in [-0.1, -0.05) is 126 Å². The van der Waals surface area contributed by atoms with Gasteiger partial charge in [0.15, 0.2) is 5.78 Å². The van der Waals surface area contributed by atoms with Crippen LogP contribution < -0.4 is 16.4 Å². The number of benzene rings is 4. The third kappa shape index (κ3) is 12.7. The molecular formula is C61H66Cl2N6O4S3. The molecule has 0 saturated heterocycles. The van der Waals surface area contributed by atoms with Gasteiger partial charge in [-0.25, -0.2) is 9.97 Å². The molecule has 0 spiro atoms. The number of aryl methyl sites for hydroxylation is 2. The smallest absolute Gasteiger partial charge is 0.265 e. The number of carbonyl (C=O) groups is 2.